The predicted octanol–water partition coefficient (Wildman–Crippen LogP) is -2.55. The number of carbonyl (C=O) groups is 5. The van der Waals surface area contributed by atoms with E-state index in [1.54, 1.807) is 20.8 Å². The SMILES string of the molecule is COP(=O)(O)OCNC(=O)CC(=O)CC(COCC(=O)CCCCO[C@@H]1OC(CO)[C@H](O)[C@H](O)C1C)(COCC(=O)CCCCO[C@@H]1OC(CO)[C@H](O)[C@H](O)C1C)OCC(=O)CCCCO[C@@H]1OC(CO)[C@H](O)[C@H](O)C1C. The van der Waals surface area contributed by atoms with Gasteiger partial charge in [0.15, 0.2) is 36.2 Å². The van der Waals surface area contributed by atoms with Crippen LogP contribution in [0.25, 0.3) is 0 Å². The third-order valence-electron chi connectivity index (χ3n) is 13.4. The Labute approximate surface area is 447 Å². The van der Waals surface area contributed by atoms with Crippen LogP contribution < -0.4 is 5.32 Å². The molecule has 16 atom stereocenters. The molecule has 77 heavy (non-hydrogen) atoms. The van der Waals surface area contributed by atoms with E-state index in [0.717, 1.165) is 7.11 Å². The minimum absolute atomic E-state index is 0.000541. The van der Waals surface area contributed by atoms with E-state index in [2.05, 4.69) is 14.4 Å². The maximum absolute atomic E-state index is 13.6. The van der Waals surface area contributed by atoms with Crippen molar-refractivity contribution in [1.29, 1.82) is 0 Å². The number of ether oxygens (including phenoxy) is 9. The number of hydrogen-bond donors (Lipinski definition) is 11. The summed E-state index contributed by atoms with van der Waals surface area (Å²) in [5.74, 6) is -4.85. The van der Waals surface area contributed by atoms with E-state index in [4.69, 9.17) is 42.6 Å². The molecule has 3 aliphatic rings. The number of Topliss-reactive ketones (excluding diaryl/α,β-unsaturated/α-hetero) is 4. The number of rotatable bonds is 40. The number of nitrogens with one attached hydrogen (secondary N) is 1. The topological polar surface area (TPSA) is 418 Å². The quantitative estimate of drug-likeness (QED) is 0.0130. The number of amides is 1. The number of phosphoric ester groups is 1. The average molecular weight is 1140 g/mol. The van der Waals surface area contributed by atoms with Gasteiger partial charge in [0, 0.05) is 70.4 Å². The molecule has 0 radical (unpaired) electrons. The molecule has 11 N–H and O–H groups in total. The summed E-state index contributed by atoms with van der Waals surface area (Å²) in [5.41, 5.74) is -1.89. The number of ketones is 4. The van der Waals surface area contributed by atoms with E-state index in [-0.39, 0.29) is 45.5 Å². The van der Waals surface area contributed by atoms with Gasteiger partial charge in [-0.25, -0.2) is 4.57 Å². The highest BCUT2D eigenvalue weighted by molar-refractivity contribution is 7.47. The van der Waals surface area contributed by atoms with Crippen LogP contribution in [-0.2, 0) is 80.2 Å². The van der Waals surface area contributed by atoms with Gasteiger partial charge < -0.3 is 98.8 Å². The van der Waals surface area contributed by atoms with Crippen LogP contribution in [0.1, 0.15) is 91.4 Å². The highest BCUT2D eigenvalue weighted by Gasteiger charge is 2.45. The second kappa shape index (κ2) is 35.4. The van der Waals surface area contributed by atoms with E-state index in [0.29, 0.717) is 32.1 Å². The van der Waals surface area contributed by atoms with Crippen molar-refractivity contribution in [2.45, 2.75) is 171 Å². The van der Waals surface area contributed by atoms with Gasteiger partial charge in [0.25, 0.3) is 0 Å². The Morgan fingerprint density at radius 1 is 0.545 bits per heavy atom. The van der Waals surface area contributed by atoms with E-state index >= 15 is 0 Å². The van der Waals surface area contributed by atoms with Crippen LogP contribution in [0.4, 0.5) is 0 Å². The Morgan fingerprint density at radius 2 is 0.909 bits per heavy atom. The van der Waals surface area contributed by atoms with Gasteiger partial charge in [0.1, 0.15) is 74.6 Å². The monoisotopic (exact) mass is 1140 g/mol. The van der Waals surface area contributed by atoms with E-state index in [1.807, 2.05) is 0 Å². The van der Waals surface area contributed by atoms with E-state index in [9.17, 15) is 79.4 Å². The van der Waals surface area contributed by atoms with Gasteiger partial charge >= 0.3 is 7.82 Å². The van der Waals surface area contributed by atoms with Crippen molar-refractivity contribution in [3.63, 3.8) is 0 Å². The molecule has 1 amide bonds. The van der Waals surface area contributed by atoms with Crippen molar-refractivity contribution >= 4 is 36.9 Å². The number of hydrogen-bond acceptors (Lipinski definition) is 26. The van der Waals surface area contributed by atoms with Crippen molar-refractivity contribution in [2.24, 2.45) is 17.8 Å². The zero-order valence-corrected chi connectivity index (χ0v) is 45.2. The number of unbranched alkanes of at least 4 members (excludes halogenated alkanes) is 3. The molecule has 7 unspecified atom stereocenters. The molecule has 3 heterocycles. The number of aliphatic hydroxyl groups excluding tert-OH is 9. The van der Waals surface area contributed by atoms with Crippen molar-refractivity contribution in [3.8, 4) is 0 Å². The fourth-order valence-electron chi connectivity index (χ4n) is 8.44. The molecule has 0 spiro atoms. The molecule has 0 aromatic rings. The van der Waals surface area contributed by atoms with Crippen molar-refractivity contribution < 1.29 is 131 Å². The summed E-state index contributed by atoms with van der Waals surface area (Å²) in [6.07, 6.45) is -13.1. The van der Waals surface area contributed by atoms with Gasteiger partial charge in [-0.1, -0.05) is 20.8 Å². The number of carbonyl (C=O) groups excluding carboxylic acids is 5. The predicted molar refractivity (Wildman–Crippen MR) is 261 cm³/mol. The summed E-state index contributed by atoms with van der Waals surface area (Å²) in [6, 6.07) is 0. The molecule has 3 saturated heterocycles. The molecule has 3 rings (SSSR count). The zero-order chi connectivity index (χ0) is 57.3. The molecule has 3 aliphatic heterocycles. The van der Waals surface area contributed by atoms with Crippen molar-refractivity contribution in [3.05, 3.63) is 0 Å². The Bertz CT molecular complexity index is 1750. The molecule has 448 valence electrons. The van der Waals surface area contributed by atoms with Gasteiger partial charge in [-0.2, -0.15) is 0 Å². The molecule has 0 aromatic heterocycles. The van der Waals surface area contributed by atoms with E-state index in [1.165, 1.54) is 0 Å². The molecule has 3 fully saturated rings. The average Bonchev–Trinajstić information content (AvgIpc) is 3.39. The molecule has 28 nitrogen and oxygen atoms in total. The largest absolute Gasteiger partial charge is 0.473 e. The van der Waals surface area contributed by atoms with Crippen LogP contribution in [0.2, 0.25) is 0 Å². The molecular weight excluding hydrogens is 1050 g/mol. The smallest absolute Gasteiger partial charge is 0.394 e. The highest BCUT2D eigenvalue weighted by atomic mass is 31.2. The van der Waals surface area contributed by atoms with Crippen LogP contribution in [-0.4, -0.2) is 246 Å². The number of aliphatic hydroxyl groups is 9. The third-order valence-corrected chi connectivity index (χ3v) is 14.3. The maximum atomic E-state index is 13.6. The van der Waals surface area contributed by atoms with Crippen LogP contribution in [0.15, 0.2) is 0 Å². The first-order chi connectivity index (χ1) is 36.5. The number of phosphoric acid groups is 1. The fourth-order valence-corrected chi connectivity index (χ4v) is 8.78. The maximum Gasteiger partial charge on any atom is 0.473 e. The first-order valence-electron chi connectivity index (χ1n) is 25.9. The minimum Gasteiger partial charge on any atom is -0.394 e. The first kappa shape index (κ1) is 68.8. The van der Waals surface area contributed by atoms with Crippen LogP contribution in [0.3, 0.4) is 0 Å². The molecule has 29 heteroatoms. The molecule has 0 aromatic carbocycles. The lowest BCUT2D eigenvalue weighted by Crippen LogP contribution is -2.55. The highest BCUT2D eigenvalue weighted by Crippen LogP contribution is 2.41. The van der Waals surface area contributed by atoms with Gasteiger partial charge in [-0.05, 0) is 38.5 Å². The third kappa shape index (κ3) is 23.5. The lowest BCUT2D eigenvalue weighted by atomic mass is 9.92. The fraction of sp³-hybridized carbons (Fsp3) is 0.896. The summed E-state index contributed by atoms with van der Waals surface area (Å²) >= 11 is 0. The van der Waals surface area contributed by atoms with Gasteiger partial charge in [-0.3, -0.25) is 33.0 Å². The van der Waals surface area contributed by atoms with Gasteiger partial charge in [0.2, 0.25) is 5.91 Å². The molecule has 0 saturated carbocycles. The normalized spacial score (nSPS) is 31.3. The van der Waals surface area contributed by atoms with Crippen molar-refractivity contribution in [2.75, 3.05) is 86.5 Å². The zero-order valence-electron chi connectivity index (χ0n) is 44.3. The Balaban J connectivity index is 1.66. The minimum atomic E-state index is -4.49. The molecular formula is C48H84NO27P. The van der Waals surface area contributed by atoms with E-state index < -0.39 is 206 Å². The summed E-state index contributed by atoms with van der Waals surface area (Å²) in [6.45, 7) is -0.115. The summed E-state index contributed by atoms with van der Waals surface area (Å²) < 4.78 is 72.2. The Morgan fingerprint density at radius 3 is 1.26 bits per heavy atom. The summed E-state index contributed by atoms with van der Waals surface area (Å²) in [5, 5.41) is 92.0. The summed E-state index contributed by atoms with van der Waals surface area (Å²) in [4.78, 5) is 75.3. The van der Waals surface area contributed by atoms with Gasteiger partial charge in [-0.15, -0.1) is 0 Å². The lowest BCUT2D eigenvalue weighted by molar-refractivity contribution is -0.282. The second-order valence-electron chi connectivity index (χ2n) is 19.7. The van der Waals surface area contributed by atoms with Crippen LogP contribution >= 0.6 is 7.82 Å². The molecule has 0 aliphatic carbocycles. The van der Waals surface area contributed by atoms with Crippen LogP contribution in [0.5, 0.6) is 0 Å². The second-order valence-corrected chi connectivity index (χ2v) is 21.2. The van der Waals surface area contributed by atoms with Crippen molar-refractivity contribution in [1.82, 2.24) is 5.32 Å². The van der Waals surface area contributed by atoms with Crippen LogP contribution in [0, 0.1) is 17.8 Å². The Kier molecular flexibility index (Phi) is 31.6. The Hall–Kier alpha value is -2.46. The summed E-state index contributed by atoms with van der Waals surface area (Å²) in [7, 11) is -3.59. The van der Waals surface area contributed by atoms with Gasteiger partial charge in [0.05, 0.1) is 57.8 Å². The molecule has 0 bridgehead atoms. The standard InChI is InChI=1S/C48H84NO27P/c1-28-39(58)42(61)35(19-50)74-45(28)69-14-8-5-11-31(53)22-67-25-48(18-34(56)17-38(57)49-27-73-77(64,65)66-4,72-24-33(55)13-7-10-16-71-47-30(3)41(60)44(63)37(21-52)76-47)26-68-23-32(54)12-6-9-15-70-46-29(2)40(59)43(62)36(20-51)75-46/h28-30,35-37,39-47,50-52,58-63H,5-27H2,1-4H3,(H,49,57)(H,64,65)/t28?,29?,30?,35?,36?,37?,39-,40-,41-,42+,43+,44+,45-,46-,47-,48?/m1/s1. The first-order valence-corrected chi connectivity index (χ1v) is 27.4. The lowest BCUT2D eigenvalue weighted by Gasteiger charge is -2.40.